The van der Waals surface area contributed by atoms with E-state index in [1.165, 1.54) is 15.7 Å². The van der Waals surface area contributed by atoms with Gasteiger partial charge in [0.2, 0.25) is 0 Å². The summed E-state index contributed by atoms with van der Waals surface area (Å²) in [6.07, 6.45) is 1.28. The van der Waals surface area contributed by atoms with Gasteiger partial charge < -0.3 is 10.1 Å². The zero-order valence-electron chi connectivity index (χ0n) is 18.8. The number of nitriles is 1. The van der Waals surface area contributed by atoms with Crippen LogP contribution >= 0.6 is 11.0 Å². The number of ether oxygens (including phenoxy) is 1. The monoisotopic (exact) mass is 500 g/mol. The summed E-state index contributed by atoms with van der Waals surface area (Å²) in [6.45, 7) is -0.162. The molecular weight excluding hydrogens is 478 g/mol. The molecule has 0 radical (unpaired) electrons. The van der Waals surface area contributed by atoms with Crippen LogP contribution in [0.3, 0.4) is 0 Å². The summed E-state index contributed by atoms with van der Waals surface area (Å²) >= 11 is 0. The minimum Gasteiger partial charge on any atom is -0.424 e. The number of hydrogen-bond acceptors (Lipinski definition) is 9. The van der Waals surface area contributed by atoms with Gasteiger partial charge in [-0.2, -0.15) is 10.2 Å². The highest BCUT2D eigenvalue weighted by Crippen LogP contribution is 2.63. The van der Waals surface area contributed by atoms with Crippen LogP contribution in [-0.4, -0.2) is 45.6 Å². The second kappa shape index (κ2) is 8.23. The molecule has 182 valence electrons. The number of alkyl halides is 2. The van der Waals surface area contributed by atoms with Gasteiger partial charge in [-0.1, -0.05) is 6.07 Å². The van der Waals surface area contributed by atoms with Crippen molar-refractivity contribution in [2.45, 2.75) is 12.3 Å². The third-order valence-corrected chi connectivity index (χ3v) is 7.98. The third-order valence-electron chi connectivity index (χ3n) is 6.11. The molecule has 12 heteroatoms. The zero-order valence-corrected chi connectivity index (χ0v) is 19.6. The Kier molecular flexibility index (Phi) is 5.43. The number of nitrogens with zero attached hydrogens (tertiary/aromatic N) is 5. The fourth-order valence-corrected chi connectivity index (χ4v) is 5.49. The van der Waals surface area contributed by atoms with Crippen molar-refractivity contribution in [3.63, 3.8) is 0 Å². The van der Waals surface area contributed by atoms with E-state index in [1.54, 1.807) is 55.7 Å². The lowest BCUT2D eigenvalue weighted by Crippen LogP contribution is -2.33. The summed E-state index contributed by atoms with van der Waals surface area (Å²) in [5, 5.41) is 12.6. The molecule has 0 saturated heterocycles. The predicted molar refractivity (Wildman–Crippen MR) is 130 cm³/mol. The van der Waals surface area contributed by atoms with Gasteiger partial charge in [-0.15, -0.1) is 0 Å². The summed E-state index contributed by atoms with van der Waals surface area (Å²) in [5.41, 5.74) is 2.46. The zero-order chi connectivity index (χ0) is 25.0. The molecule has 2 heterocycles. The highest BCUT2D eigenvalue weighted by atomic mass is 32.3. The molecule has 1 aromatic heterocycles. The quantitative estimate of drug-likeness (QED) is 0.412. The second-order valence-electron chi connectivity index (χ2n) is 8.31. The molecule has 1 aliphatic carbocycles. The second-order valence-corrected chi connectivity index (χ2v) is 10.3. The number of rotatable bonds is 6. The van der Waals surface area contributed by atoms with Crippen molar-refractivity contribution >= 4 is 28.2 Å². The SMILES string of the molecule is CNc1ccnc(Oc2ccc(C#N)c(-c3ccc4c(c3)N(C)S(O)(O)N4CC3CC3(F)F)c2)n1. The molecule has 3 aromatic rings. The number of benzene rings is 2. The third kappa shape index (κ3) is 4.07. The molecule has 1 aliphatic heterocycles. The number of anilines is 3. The van der Waals surface area contributed by atoms with Crippen molar-refractivity contribution in [3.05, 3.63) is 54.2 Å². The number of fused-ring (bicyclic) bond motifs is 1. The molecule has 9 nitrogen and oxygen atoms in total. The van der Waals surface area contributed by atoms with Gasteiger partial charge >= 0.3 is 6.01 Å². The van der Waals surface area contributed by atoms with E-state index >= 15 is 0 Å². The van der Waals surface area contributed by atoms with E-state index < -0.39 is 22.8 Å². The van der Waals surface area contributed by atoms with E-state index in [1.807, 2.05) is 0 Å². The van der Waals surface area contributed by atoms with Gasteiger partial charge in [0.25, 0.3) is 5.92 Å². The number of halogens is 2. The van der Waals surface area contributed by atoms with Gasteiger partial charge in [-0.05, 0) is 52.9 Å². The Balaban J connectivity index is 1.49. The van der Waals surface area contributed by atoms with Crippen LogP contribution in [0.5, 0.6) is 11.8 Å². The van der Waals surface area contributed by atoms with E-state index in [0.29, 0.717) is 39.6 Å². The number of aromatic nitrogens is 2. The normalized spacial score (nSPS) is 20.1. The first kappa shape index (κ1) is 23.1. The summed E-state index contributed by atoms with van der Waals surface area (Å²) < 4.78 is 56.9. The van der Waals surface area contributed by atoms with Crippen molar-refractivity contribution in [1.82, 2.24) is 9.97 Å². The van der Waals surface area contributed by atoms with E-state index in [0.717, 1.165) is 0 Å². The van der Waals surface area contributed by atoms with Gasteiger partial charge in [-0.3, -0.25) is 17.7 Å². The molecule has 1 saturated carbocycles. The van der Waals surface area contributed by atoms with Crippen LogP contribution in [-0.2, 0) is 0 Å². The number of nitrogens with one attached hydrogen (secondary N) is 1. The summed E-state index contributed by atoms with van der Waals surface area (Å²) in [7, 11) is -0.254. The Morgan fingerprint density at radius 2 is 2.00 bits per heavy atom. The summed E-state index contributed by atoms with van der Waals surface area (Å²) in [5.74, 6) is -2.72. The lowest BCUT2D eigenvalue weighted by Gasteiger charge is -2.42. The highest BCUT2D eigenvalue weighted by Gasteiger charge is 2.59. The van der Waals surface area contributed by atoms with Crippen molar-refractivity contribution in [2.24, 2.45) is 5.92 Å². The Bertz CT molecular complexity index is 1350. The smallest absolute Gasteiger partial charge is 0.323 e. The van der Waals surface area contributed by atoms with Crippen LogP contribution in [0.2, 0.25) is 0 Å². The molecule has 0 bridgehead atoms. The molecule has 1 atom stereocenters. The van der Waals surface area contributed by atoms with Crippen molar-refractivity contribution in [1.29, 1.82) is 5.26 Å². The molecule has 1 fully saturated rings. The minimum atomic E-state index is -3.48. The molecule has 3 N–H and O–H groups in total. The molecule has 1 unspecified atom stereocenters. The fraction of sp³-hybridized carbons (Fsp3) is 0.261. The van der Waals surface area contributed by atoms with Gasteiger partial charge in [0.1, 0.15) is 11.6 Å². The largest absolute Gasteiger partial charge is 0.424 e. The van der Waals surface area contributed by atoms with Gasteiger partial charge in [0.15, 0.2) is 0 Å². The van der Waals surface area contributed by atoms with E-state index in [2.05, 4.69) is 21.4 Å². The topological polar surface area (TPSA) is 118 Å². The highest BCUT2D eigenvalue weighted by molar-refractivity contribution is 8.26. The Labute approximate surface area is 202 Å². The Morgan fingerprint density at radius 3 is 2.69 bits per heavy atom. The average Bonchev–Trinajstić information content (AvgIpc) is 3.41. The van der Waals surface area contributed by atoms with E-state index in [4.69, 9.17) is 4.74 Å². The summed E-state index contributed by atoms with van der Waals surface area (Å²) in [6, 6.07) is 13.9. The van der Waals surface area contributed by atoms with Crippen LogP contribution in [0.1, 0.15) is 12.0 Å². The Morgan fingerprint density at radius 1 is 1.23 bits per heavy atom. The van der Waals surface area contributed by atoms with Gasteiger partial charge in [0, 0.05) is 44.7 Å². The Hall–Kier alpha value is -3.66. The lowest BCUT2D eigenvalue weighted by molar-refractivity contribution is 0.101. The predicted octanol–water partition coefficient (Wildman–Crippen LogP) is 5.34. The number of hydrogen-bond donors (Lipinski definition) is 3. The van der Waals surface area contributed by atoms with Gasteiger partial charge in [-0.25, -0.2) is 13.8 Å². The molecule has 0 spiro atoms. The first-order valence-electron chi connectivity index (χ1n) is 10.7. The van der Waals surface area contributed by atoms with Gasteiger partial charge in [0.05, 0.1) is 23.0 Å². The van der Waals surface area contributed by atoms with Crippen molar-refractivity contribution in [2.75, 3.05) is 34.6 Å². The van der Waals surface area contributed by atoms with E-state index in [-0.39, 0.29) is 19.0 Å². The maximum absolute atomic E-state index is 13.5. The maximum Gasteiger partial charge on any atom is 0.323 e. The first-order valence-corrected chi connectivity index (χ1v) is 12.1. The van der Waals surface area contributed by atoms with Crippen LogP contribution in [0.4, 0.5) is 26.0 Å². The molecule has 35 heavy (non-hydrogen) atoms. The van der Waals surface area contributed by atoms with Crippen LogP contribution < -0.4 is 18.7 Å². The van der Waals surface area contributed by atoms with Crippen LogP contribution in [0, 0.1) is 17.2 Å². The standard InChI is InChI=1S/C23H22F2N6O3S/c1-27-21-7-8-28-22(29-21)34-17-5-3-15(12-26)18(10-17)14-4-6-19-20(9-14)30(2)35(32,33)31(19)13-16-11-23(16,24)25/h3-10,16,32-33H,11,13H2,1-2H3,(H,27,28,29). The average molecular weight is 501 g/mol. The van der Waals surface area contributed by atoms with Crippen LogP contribution in [0.25, 0.3) is 11.1 Å². The molecule has 2 aliphatic rings. The van der Waals surface area contributed by atoms with Crippen molar-refractivity contribution in [3.8, 4) is 29.0 Å². The van der Waals surface area contributed by atoms with Crippen LogP contribution in [0.15, 0.2) is 48.7 Å². The molecule has 5 rings (SSSR count). The molecule has 2 aromatic carbocycles. The minimum absolute atomic E-state index is 0.127. The van der Waals surface area contributed by atoms with E-state index in [9.17, 15) is 23.1 Å². The fourth-order valence-electron chi connectivity index (χ4n) is 3.99. The lowest BCUT2D eigenvalue weighted by atomic mass is 9.99. The molecular formula is C23H22F2N6O3S. The molecule has 0 amide bonds. The van der Waals surface area contributed by atoms with Crippen molar-refractivity contribution < 1.29 is 22.6 Å². The summed E-state index contributed by atoms with van der Waals surface area (Å²) in [4.78, 5) is 8.32. The first-order chi connectivity index (χ1) is 16.6. The maximum atomic E-state index is 13.5.